The van der Waals surface area contributed by atoms with Gasteiger partial charge in [-0.1, -0.05) is 13.2 Å². The van der Waals surface area contributed by atoms with Crippen LogP contribution in [0, 0.1) is 6.57 Å². The van der Waals surface area contributed by atoms with Crippen molar-refractivity contribution < 1.29 is 19.1 Å². The van der Waals surface area contributed by atoms with E-state index in [1.807, 2.05) is 0 Å². The quantitative estimate of drug-likeness (QED) is 0.291. The number of hydrogen-bond donors (Lipinski definition) is 0. The molecule has 0 fully saturated rings. The number of carbonyl (C=O) groups is 2. The molecule has 0 radical (unpaired) electrons. The minimum Gasteiger partial charge on any atom is -0.433 e. The van der Waals surface area contributed by atoms with Crippen molar-refractivity contribution in [3.8, 4) is 0 Å². The fourth-order valence-corrected chi connectivity index (χ4v) is 0.389. The average Bonchev–Trinajstić information content (AvgIpc) is 2.15. The van der Waals surface area contributed by atoms with Crippen LogP contribution in [0.1, 0.15) is 6.92 Å². The molecule has 0 aliphatic heterocycles. The SMILES string of the molecule is [C-]#[N+]C(=C)C(=O)OCOC(=O)C(=C)C. The number of esters is 2. The van der Waals surface area contributed by atoms with Crippen molar-refractivity contribution in [2.24, 2.45) is 0 Å². The molecule has 14 heavy (non-hydrogen) atoms. The summed E-state index contributed by atoms with van der Waals surface area (Å²) in [5.74, 6) is -1.57. The zero-order valence-electron chi connectivity index (χ0n) is 7.70. The third-order valence-electron chi connectivity index (χ3n) is 1.10. The molecule has 5 heteroatoms. The Morgan fingerprint density at radius 3 is 2.21 bits per heavy atom. The van der Waals surface area contributed by atoms with E-state index in [0.29, 0.717) is 0 Å². The second kappa shape index (κ2) is 5.54. The summed E-state index contributed by atoms with van der Waals surface area (Å²) < 4.78 is 8.82. The van der Waals surface area contributed by atoms with Gasteiger partial charge in [-0.25, -0.2) is 9.64 Å². The van der Waals surface area contributed by atoms with E-state index in [9.17, 15) is 9.59 Å². The first-order valence-corrected chi connectivity index (χ1v) is 3.55. The van der Waals surface area contributed by atoms with Gasteiger partial charge in [0, 0.05) is 5.57 Å². The van der Waals surface area contributed by atoms with Gasteiger partial charge in [0.1, 0.15) is 0 Å². The molecule has 0 saturated heterocycles. The molecule has 0 bridgehead atoms. The van der Waals surface area contributed by atoms with E-state index in [4.69, 9.17) is 6.57 Å². The number of carbonyl (C=O) groups excluding carboxylic acids is 2. The molecule has 0 aromatic rings. The summed E-state index contributed by atoms with van der Waals surface area (Å²) in [7, 11) is 0. The summed E-state index contributed by atoms with van der Waals surface area (Å²) in [5.41, 5.74) is -0.165. The van der Waals surface area contributed by atoms with Gasteiger partial charge >= 0.3 is 11.9 Å². The fraction of sp³-hybridized carbons (Fsp3) is 0.222. The summed E-state index contributed by atoms with van der Waals surface area (Å²) in [6.07, 6.45) is 0. The molecule has 0 N–H and O–H groups in total. The summed E-state index contributed by atoms with van der Waals surface area (Å²) in [4.78, 5) is 24.3. The highest BCUT2D eigenvalue weighted by Gasteiger charge is 2.09. The van der Waals surface area contributed by atoms with Crippen molar-refractivity contribution in [1.82, 2.24) is 0 Å². The fourth-order valence-electron chi connectivity index (χ4n) is 0.389. The van der Waals surface area contributed by atoms with Crippen molar-refractivity contribution in [3.63, 3.8) is 0 Å². The minimum absolute atomic E-state index is 0.199. The molecule has 74 valence electrons. The van der Waals surface area contributed by atoms with Crippen LogP contribution in [-0.4, -0.2) is 18.7 Å². The molecule has 0 aromatic carbocycles. The molecule has 0 aromatic heterocycles. The van der Waals surface area contributed by atoms with Crippen LogP contribution in [0.15, 0.2) is 24.4 Å². The lowest BCUT2D eigenvalue weighted by molar-refractivity contribution is -0.161. The van der Waals surface area contributed by atoms with E-state index in [2.05, 4.69) is 27.5 Å². The molecule has 0 unspecified atom stereocenters. The van der Waals surface area contributed by atoms with E-state index >= 15 is 0 Å². The highest BCUT2D eigenvalue weighted by atomic mass is 16.7. The molecule has 5 nitrogen and oxygen atoms in total. The van der Waals surface area contributed by atoms with Crippen LogP contribution in [0.3, 0.4) is 0 Å². The van der Waals surface area contributed by atoms with E-state index in [1.54, 1.807) is 0 Å². The Bertz CT molecular complexity index is 324. The second-order valence-electron chi connectivity index (χ2n) is 2.32. The predicted octanol–water partition coefficient (Wildman–Crippen LogP) is 1.04. The van der Waals surface area contributed by atoms with Crippen LogP contribution >= 0.6 is 0 Å². The Balaban J connectivity index is 3.82. The Kier molecular flexibility index (Phi) is 4.71. The zero-order valence-corrected chi connectivity index (χ0v) is 7.70. The molecule has 0 atom stereocenters. The van der Waals surface area contributed by atoms with Crippen molar-refractivity contribution in [1.29, 1.82) is 0 Å². The van der Waals surface area contributed by atoms with Crippen LogP contribution in [0.25, 0.3) is 4.85 Å². The molecule has 0 saturated carbocycles. The van der Waals surface area contributed by atoms with Gasteiger partial charge in [0.2, 0.25) is 6.79 Å². The van der Waals surface area contributed by atoms with Crippen molar-refractivity contribution in [2.45, 2.75) is 6.92 Å². The van der Waals surface area contributed by atoms with E-state index in [1.165, 1.54) is 6.92 Å². The number of rotatable bonds is 4. The standard InChI is InChI=1S/C9H9NO4/c1-6(2)8(11)13-5-14-9(12)7(3)10-4/h1,3,5H2,2H3. The first kappa shape index (κ1) is 11.9. The third-order valence-corrected chi connectivity index (χ3v) is 1.10. The van der Waals surface area contributed by atoms with Crippen LogP contribution in [-0.2, 0) is 19.1 Å². The maximum Gasteiger partial charge on any atom is 0.338 e. The summed E-state index contributed by atoms with van der Waals surface area (Å²) in [6, 6.07) is 0. The summed E-state index contributed by atoms with van der Waals surface area (Å²) in [5, 5.41) is 0. The average molecular weight is 195 g/mol. The van der Waals surface area contributed by atoms with Crippen LogP contribution < -0.4 is 0 Å². The van der Waals surface area contributed by atoms with E-state index in [-0.39, 0.29) is 11.3 Å². The van der Waals surface area contributed by atoms with E-state index in [0.717, 1.165) is 0 Å². The Morgan fingerprint density at radius 1 is 1.29 bits per heavy atom. The monoisotopic (exact) mass is 195 g/mol. The molecule has 0 aliphatic rings. The van der Waals surface area contributed by atoms with Gasteiger partial charge < -0.3 is 9.47 Å². The number of hydrogen-bond acceptors (Lipinski definition) is 4. The molecule has 0 amide bonds. The summed E-state index contributed by atoms with van der Waals surface area (Å²) in [6.45, 7) is 13.8. The van der Waals surface area contributed by atoms with E-state index < -0.39 is 18.7 Å². The largest absolute Gasteiger partial charge is 0.433 e. The van der Waals surface area contributed by atoms with Crippen molar-refractivity contribution in [2.75, 3.05) is 6.79 Å². The Hall–Kier alpha value is -2.09. The van der Waals surface area contributed by atoms with Crippen LogP contribution in [0.2, 0.25) is 0 Å². The maximum atomic E-state index is 10.8. The molecular formula is C9H9NO4. The molecule has 0 aliphatic carbocycles. The van der Waals surface area contributed by atoms with Crippen LogP contribution in [0.5, 0.6) is 0 Å². The van der Waals surface area contributed by atoms with Gasteiger partial charge in [-0.3, -0.25) is 4.79 Å². The first-order chi connectivity index (χ1) is 6.49. The molecule has 0 rings (SSSR count). The smallest absolute Gasteiger partial charge is 0.338 e. The van der Waals surface area contributed by atoms with Gasteiger partial charge in [-0.05, 0) is 6.92 Å². The number of ether oxygens (including phenoxy) is 2. The summed E-state index contributed by atoms with van der Waals surface area (Å²) >= 11 is 0. The van der Waals surface area contributed by atoms with Gasteiger partial charge in [0.15, 0.2) is 0 Å². The molecule has 0 spiro atoms. The number of nitrogens with zero attached hydrogens (tertiary/aromatic N) is 1. The lowest BCUT2D eigenvalue weighted by Gasteiger charge is -2.04. The highest BCUT2D eigenvalue weighted by molar-refractivity contribution is 5.90. The second-order valence-corrected chi connectivity index (χ2v) is 2.32. The maximum absolute atomic E-state index is 10.8. The third kappa shape index (κ3) is 4.07. The Labute approximate surface area is 81.4 Å². The molecule has 0 heterocycles. The minimum atomic E-state index is -0.908. The van der Waals surface area contributed by atoms with Crippen LogP contribution in [0.4, 0.5) is 0 Å². The lowest BCUT2D eigenvalue weighted by Crippen LogP contribution is -2.13. The highest BCUT2D eigenvalue weighted by Crippen LogP contribution is 1.97. The lowest BCUT2D eigenvalue weighted by atomic mass is 10.4. The molecular weight excluding hydrogens is 186 g/mol. The zero-order chi connectivity index (χ0) is 11.1. The van der Waals surface area contributed by atoms with Crippen molar-refractivity contribution >= 4 is 11.9 Å². The van der Waals surface area contributed by atoms with Gasteiger partial charge in [0.05, 0.1) is 6.57 Å². The van der Waals surface area contributed by atoms with Gasteiger partial charge in [-0.15, -0.1) is 0 Å². The van der Waals surface area contributed by atoms with Gasteiger partial charge in [-0.2, -0.15) is 0 Å². The predicted molar refractivity (Wildman–Crippen MR) is 47.6 cm³/mol. The topological polar surface area (TPSA) is 57.0 Å². The van der Waals surface area contributed by atoms with Crippen molar-refractivity contribution in [3.05, 3.63) is 35.8 Å². The van der Waals surface area contributed by atoms with Gasteiger partial charge in [0.25, 0.3) is 5.70 Å². The normalized spacial score (nSPS) is 8.29. The Morgan fingerprint density at radius 2 is 1.79 bits per heavy atom. The first-order valence-electron chi connectivity index (χ1n) is 3.55.